The zero-order valence-corrected chi connectivity index (χ0v) is 14.6. The molecule has 1 amide bonds. The molecule has 2 aromatic rings. The van der Waals surface area contributed by atoms with Gasteiger partial charge in [-0.15, -0.1) is 0 Å². The Balaban J connectivity index is 1.73. The van der Waals surface area contributed by atoms with Crippen LogP contribution in [0, 0.1) is 21.4 Å². The third-order valence-electron chi connectivity index (χ3n) is 3.84. The van der Waals surface area contributed by atoms with Gasteiger partial charge in [0.25, 0.3) is 11.6 Å². The number of carbonyl (C=O) groups is 1. The molecule has 1 N–H and O–H groups in total. The largest absolute Gasteiger partial charge is 0.486 e. The first kappa shape index (κ1) is 18.7. The van der Waals surface area contributed by atoms with E-state index in [1.54, 1.807) is 36.4 Å². The Morgan fingerprint density at radius 3 is 2.68 bits per heavy atom. The molecule has 0 saturated heterocycles. The molecule has 2 aromatic carbocycles. The number of hydrogen-bond acceptors (Lipinski definition) is 6. The molecule has 0 fully saturated rings. The van der Waals surface area contributed by atoms with Crippen molar-refractivity contribution in [1.82, 2.24) is 0 Å². The maximum absolute atomic E-state index is 12.3. The number of nitriles is 1. The minimum Gasteiger partial charge on any atom is -0.486 e. The monoisotopic (exact) mass is 377 g/mol. The number of nitrogens with one attached hydrogen (secondary N) is 1. The number of benzene rings is 2. The van der Waals surface area contributed by atoms with Crippen molar-refractivity contribution in [3.05, 3.63) is 75.9 Å². The van der Waals surface area contributed by atoms with Crippen LogP contribution >= 0.6 is 0 Å². The molecule has 8 nitrogen and oxygen atoms in total. The third-order valence-corrected chi connectivity index (χ3v) is 3.84. The van der Waals surface area contributed by atoms with Gasteiger partial charge in [-0.1, -0.05) is 18.2 Å². The Bertz CT molecular complexity index is 1020. The Kier molecular flexibility index (Phi) is 5.67. The van der Waals surface area contributed by atoms with E-state index in [0.717, 1.165) is 0 Å². The maximum atomic E-state index is 12.3. The number of nitro groups is 1. The number of amides is 1. The molecule has 0 aromatic heterocycles. The second kappa shape index (κ2) is 8.51. The average molecular weight is 377 g/mol. The van der Waals surface area contributed by atoms with E-state index in [1.807, 2.05) is 6.07 Å². The highest BCUT2D eigenvalue weighted by Gasteiger charge is 2.14. The molecule has 0 bridgehead atoms. The number of hydrogen-bond donors (Lipinski definition) is 1. The van der Waals surface area contributed by atoms with Gasteiger partial charge in [-0.2, -0.15) is 5.26 Å². The van der Waals surface area contributed by atoms with Crippen LogP contribution in [-0.4, -0.2) is 24.0 Å². The summed E-state index contributed by atoms with van der Waals surface area (Å²) in [4.78, 5) is 22.8. The van der Waals surface area contributed by atoms with Crippen molar-refractivity contribution in [2.45, 2.75) is 0 Å². The van der Waals surface area contributed by atoms with E-state index in [9.17, 15) is 20.2 Å². The number of fused-ring (bicyclic) bond motifs is 1. The number of allylic oxidation sites excluding steroid dienone is 2. The van der Waals surface area contributed by atoms with E-state index < -0.39 is 10.8 Å². The number of carbonyl (C=O) groups excluding carboxylic acids is 1. The molecule has 0 radical (unpaired) electrons. The fourth-order valence-electron chi connectivity index (χ4n) is 2.53. The van der Waals surface area contributed by atoms with Gasteiger partial charge in [0.15, 0.2) is 11.5 Å². The van der Waals surface area contributed by atoms with Crippen LogP contribution in [0.5, 0.6) is 11.5 Å². The van der Waals surface area contributed by atoms with Gasteiger partial charge in [-0.05, 0) is 30.4 Å². The predicted octanol–water partition coefficient (Wildman–Crippen LogP) is 3.47. The number of nitro benzene ring substituents is 1. The van der Waals surface area contributed by atoms with Crippen molar-refractivity contribution in [3.63, 3.8) is 0 Å². The molecular weight excluding hydrogens is 362 g/mol. The standard InChI is InChI=1S/C20H15N3O5/c21-13-15(6-3-5-14-4-1-2-7-17(14)23(25)26)20(24)22-16-8-9-18-19(12-16)28-11-10-27-18/h1-9,12H,10-11H2,(H,22,24)/b5-3+,15-6+. The highest BCUT2D eigenvalue weighted by atomic mass is 16.6. The van der Waals surface area contributed by atoms with Crippen LogP contribution in [0.15, 0.2) is 60.2 Å². The first-order valence-corrected chi connectivity index (χ1v) is 8.31. The fourth-order valence-corrected chi connectivity index (χ4v) is 2.53. The third kappa shape index (κ3) is 4.34. The molecule has 8 heteroatoms. The smallest absolute Gasteiger partial charge is 0.276 e. The molecule has 0 spiro atoms. The van der Waals surface area contributed by atoms with Gasteiger partial charge in [-0.25, -0.2) is 0 Å². The normalized spacial score (nSPS) is 13.0. The van der Waals surface area contributed by atoms with E-state index in [1.165, 1.54) is 24.3 Å². The maximum Gasteiger partial charge on any atom is 0.276 e. The molecule has 0 aliphatic carbocycles. The summed E-state index contributed by atoms with van der Waals surface area (Å²) in [5.74, 6) is 0.502. The van der Waals surface area contributed by atoms with Crippen LogP contribution < -0.4 is 14.8 Å². The van der Waals surface area contributed by atoms with E-state index >= 15 is 0 Å². The molecule has 0 unspecified atom stereocenters. The van der Waals surface area contributed by atoms with Gasteiger partial charge in [0.2, 0.25) is 0 Å². The molecule has 140 valence electrons. The van der Waals surface area contributed by atoms with Crippen molar-refractivity contribution >= 4 is 23.4 Å². The lowest BCUT2D eigenvalue weighted by molar-refractivity contribution is -0.385. The van der Waals surface area contributed by atoms with E-state index in [0.29, 0.717) is 36.0 Å². The quantitative estimate of drug-likeness (QED) is 0.280. The van der Waals surface area contributed by atoms with Crippen LogP contribution in [0.3, 0.4) is 0 Å². The second-order valence-corrected chi connectivity index (χ2v) is 5.68. The van der Waals surface area contributed by atoms with Crippen LogP contribution in [0.4, 0.5) is 11.4 Å². The molecule has 0 atom stereocenters. The average Bonchev–Trinajstić information content (AvgIpc) is 2.71. The zero-order chi connectivity index (χ0) is 19.9. The number of anilines is 1. The first-order valence-electron chi connectivity index (χ1n) is 8.31. The Morgan fingerprint density at radius 1 is 1.18 bits per heavy atom. The van der Waals surface area contributed by atoms with Gasteiger partial charge < -0.3 is 14.8 Å². The number of ether oxygens (including phenoxy) is 2. The minimum atomic E-state index is -0.605. The van der Waals surface area contributed by atoms with E-state index in [4.69, 9.17) is 9.47 Å². The SMILES string of the molecule is N#C/C(=C\C=C\c1ccccc1[N+](=O)[O-])C(=O)Nc1ccc2c(c1)OCCO2. The summed E-state index contributed by atoms with van der Waals surface area (Å²) in [5.41, 5.74) is 0.613. The van der Waals surface area contributed by atoms with Gasteiger partial charge in [0, 0.05) is 17.8 Å². The Hall–Kier alpha value is -4.12. The van der Waals surface area contributed by atoms with Crippen LogP contribution in [0.25, 0.3) is 6.08 Å². The summed E-state index contributed by atoms with van der Waals surface area (Å²) < 4.78 is 10.9. The number of para-hydroxylation sites is 1. The summed E-state index contributed by atoms with van der Waals surface area (Å²) in [5, 5.41) is 22.9. The number of rotatable bonds is 5. The summed E-state index contributed by atoms with van der Waals surface area (Å²) in [6.45, 7) is 0.885. The van der Waals surface area contributed by atoms with E-state index in [-0.39, 0.29) is 11.3 Å². The van der Waals surface area contributed by atoms with Crippen molar-refractivity contribution in [2.75, 3.05) is 18.5 Å². The Labute approximate surface area is 160 Å². The van der Waals surface area contributed by atoms with Crippen molar-refractivity contribution in [3.8, 4) is 17.6 Å². The van der Waals surface area contributed by atoms with Crippen LogP contribution in [0.2, 0.25) is 0 Å². The van der Waals surface area contributed by atoms with Crippen LogP contribution in [0.1, 0.15) is 5.56 Å². The topological polar surface area (TPSA) is 114 Å². The van der Waals surface area contributed by atoms with Gasteiger partial charge in [0.05, 0.1) is 10.5 Å². The van der Waals surface area contributed by atoms with Crippen LogP contribution in [-0.2, 0) is 4.79 Å². The fraction of sp³-hybridized carbons (Fsp3) is 0.100. The number of nitrogens with zero attached hydrogens (tertiary/aromatic N) is 2. The van der Waals surface area contributed by atoms with E-state index in [2.05, 4.69) is 5.32 Å². The molecule has 1 heterocycles. The van der Waals surface area contributed by atoms with Gasteiger partial charge in [0.1, 0.15) is 24.9 Å². The lowest BCUT2D eigenvalue weighted by atomic mass is 10.1. The molecule has 28 heavy (non-hydrogen) atoms. The summed E-state index contributed by atoms with van der Waals surface area (Å²) >= 11 is 0. The minimum absolute atomic E-state index is 0.0635. The Morgan fingerprint density at radius 2 is 1.93 bits per heavy atom. The predicted molar refractivity (Wildman–Crippen MR) is 102 cm³/mol. The highest BCUT2D eigenvalue weighted by molar-refractivity contribution is 6.07. The lowest BCUT2D eigenvalue weighted by Crippen LogP contribution is -2.17. The summed E-state index contributed by atoms with van der Waals surface area (Å²) in [6, 6.07) is 12.9. The molecule has 1 aliphatic heterocycles. The lowest BCUT2D eigenvalue weighted by Gasteiger charge is -2.18. The summed E-state index contributed by atoms with van der Waals surface area (Å²) in [7, 11) is 0. The van der Waals surface area contributed by atoms with Crippen molar-refractivity contribution in [1.29, 1.82) is 5.26 Å². The first-order chi connectivity index (χ1) is 13.6. The molecule has 1 aliphatic rings. The van der Waals surface area contributed by atoms with Gasteiger partial charge in [-0.3, -0.25) is 14.9 Å². The second-order valence-electron chi connectivity index (χ2n) is 5.68. The molecule has 0 saturated carbocycles. The van der Waals surface area contributed by atoms with Gasteiger partial charge >= 0.3 is 0 Å². The molecular formula is C20H15N3O5. The van der Waals surface area contributed by atoms with Crippen molar-refractivity contribution in [2.24, 2.45) is 0 Å². The van der Waals surface area contributed by atoms with Crippen molar-refractivity contribution < 1.29 is 19.2 Å². The highest BCUT2D eigenvalue weighted by Crippen LogP contribution is 2.32. The zero-order valence-electron chi connectivity index (χ0n) is 14.6. The molecule has 3 rings (SSSR count). The summed E-state index contributed by atoms with van der Waals surface area (Å²) in [6.07, 6.45) is 4.18.